The van der Waals surface area contributed by atoms with Crippen LogP contribution in [0.15, 0.2) is 27.1 Å². The molecule has 110 valence electrons. The van der Waals surface area contributed by atoms with Crippen molar-refractivity contribution in [3.8, 4) is 5.75 Å². The Morgan fingerprint density at radius 1 is 1.35 bits per heavy atom. The molecule has 5 nitrogen and oxygen atoms in total. The molecule has 7 heteroatoms. The quantitative estimate of drug-likeness (QED) is 0.759. The number of halogens is 2. The topological polar surface area (TPSA) is 67.4 Å². The number of hydrogen-bond donors (Lipinski definition) is 2. The molecule has 0 aliphatic heterocycles. The Kier molecular flexibility index (Phi) is 7.01. The van der Waals surface area contributed by atoms with Crippen molar-refractivity contribution >= 4 is 43.7 Å². The molecule has 0 unspecified atom stereocenters. The molecule has 0 saturated heterocycles. The van der Waals surface area contributed by atoms with E-state index >= 15 is 0 Å². The second kappa shape index (κ2) is 8.26. The van der Waals surface area contributed by atoms with E-state index < -0.39 is 6.04 Å². The molecule has 0 bridgehead atoms. The van der Waals surface area contributed by atoms with Crippen LogP contribution in [-0.4, -0.2) is 31.0 Å². The van der Waals surface area contributed by atoms with E-state index in [1.807, 2.05) is 19.1 Å². The Balaban J connectivity index is 2.45. The Bertz CT molecular complexity index is 495. The highest BCUT2D eigenvalue weighted by molar-refractivity contribution is 9.11. The molecule has 0 aromatic heterocycles. The van der Waals surface area contributed by atoms with Crippen LogP contribution in [0.25, 0.3) is 0 Å². The maximum Gasteiger partial charge on any atom is 0.258 e. The zero-order chi connectivity index (χ0) is 15.1. The lowest BCUT2D eigenvalue weighted by molar-refractivity contribution is -0.129. The Hall–Kier alpha value is -1.08. The summed E-state index contributed by atoms with van der Waals surface area (Å²) in [5, 5.41) is 5.20. The molecule has 1 rings (SSSR count). The standard InChI is InChI=1S/C13H16Br2N2O3/c1-3-16-13(19)8(2)17-12(18)7-20-11-5-4-9(14)6-10(11)15/h4-6,8H,3,7H2,1-2H3,(H,16,19)(H,17,18)/t8-/m1/s1. The first-order chi connectivity index (χ1) is 9.43. The van der Waals surface area contributed by atoms with Crippen LogP contribution in [0, 0.1) is 0 Å². The normalized spacial score (nSPS) is 11.6. The van der Waals surface area contributed by atoms with E-state index in [9.17, 15) is 9.59 Å². The number of likely N-dealkylation sites (N-methyl/N-ethyl adjacent to an activating group) is 1. The molecular formula is C13H16Br2N2O3. The van der Waals surface area contributed by atoms with Gasteiger partial charge in [-0.25, -0.2) is 0 Å². The van der Waals surface area contributed by atoms with E-state index in [0.717, 1.165) is 8.95 Å². The predicted octanol–water partition coefficient (Wildman–Crippen LogP) is 2.23. The van der Waals surface area contributed by atoms with Crippen LogP contribution in [0.4, 0.5) is 0 Å². The molecule has 0 aliphatic carbocycles. The van der Waals surface area contributed by atoms with Gasteiger partial charge in [-0.1, -0.05) is 15.9 Å². The van der Waals surface area contributed by atoms with Gasteiger partial charge in [0.15, 0.2) is 6.61 Å². The zero-order valence-corrected chi connectivity index (χ0v) is 14.4. The zero-order valence-electron chi connectivity index (χ0n) is 11.2. The number of rotatable bonds is 6. The van der Waals surface area contributed by atoms with Gasteiger partial charge in [0.05, 0.1) is 4.47 Å². The van der Waals surface area contributed by atoms with Crippen molar-refractivity contribution in [3.63, 3.8) is 0 Å². The molecule has 1 atom stereocenters. The lowest BCUT2D eigenvalue weighted by Gasteiger charge is -2.14. The minimum Gasteiger partial charge on any atom is -0.483 e. The van der Waals surface area contributed by atoms with Crippen LogP contribution in [0.5, 0.6) is 5.75 Å². The van der Waals surface area contributed by atoms with Gasteiger partial charge in [-0.15, -0.1) is 0 Å². The highest BCUT2D eigenvalue weighted by Crippen LogP contribution is 2.27. The molecule has 0 heterocycles. The SMILES string of the molecule is CCNC(=O)[C@@H](C)NC(=O)COc1ccc(Br)cc1Br. The van der Waals surface area contributed by atoms with Crippen LogP contribution in [0.3, 0.4) is 0 Å². The number of amides is 2. The maximum atomic E-state index is 11.7. The highest BCUT2D eigenvalue weighted by atomic mass is 79.9. The average molecular weight is 408 g/mol. The molecule has 20 heavy (non-hydrogen) atoms. The van der Waals surface area contributed by atoms with E-state index in [0.29, 0.717) is 12.3 Å². The van der Waals surface area contributed by atoms with Crippen molar-refractivity contribution in [2.75, 3.05) is 13.2 Å². The molecular weight excluding hydrogens is 392 g/mol. The van der Waals surface area contributed by atoms with Crippen LogP contribution >= 0.6 is 31.9 Å². The van der Waals surface area contributed by atoms with Crippen molar-refractivity contribution in [3.05, 3.63) is 27.1 Å². The maximum absolute atomic E-state index is 11.7. The van der Waals surface area contributed by atoms with Gasteiger partial charge >= 0.3 is 0 Å². The van der Waals surface area contributed by atoms with Gasteiger partial charge in [0, 0.05) is 11.0 Å². The molecule has 0 spiro atoms. The third-order valence-electron chi connectivity index (χ3n) is 2.37. The fourth-order valence-corrected chi connectivity index (χ4v) is 2.57. The fourth-order valence-electron chi connectivity index (χ4n) is 1.41. The average Bonchev–Trinajstić information content (AvgIpc) is 2.37. The summed E-state index contributed by atoms with van der Waals surface area (Å²) in [7, 11) is 0. The first-order valence-corrected chi connectivity index (χ1v) is 7.67. The summed E-state index contributed by atoms with van der Waals surface area (Å²) in [6.07, 6.45) is 0. The van der Waals surface area contributed by atoms with E-state index in [1.54, 1.807) is 13.0 Å². The van der Waals surface area contributed by atoms with Crippen molar-refractivity contribution in [1.29, 1.82) is 0 Å². The lowest BCUT2D eigenvalue weighted by Crippen LogP contribution is -2.46. The minimum absolute atomic E-state index is 0.149. The van der Waals surface area contributed by atoms with Gasteiger partial charge < -0.3 is 15.4 Å². The molecule has 0 fully saturated rings. The minimum atomic E-state index is -0.584. The fraction of sp³-hybridized carbons (Fsp3) is 0.385. The van der Waals surface area contributed by atoms with Gasteiger partial charge in [-0.05, 0) is 48.0 Å². The first kappa shape index (κ1) is 17.0. The third kappa shape index (κ3) is 5.50. The van der Waals surface area contributed by atoms with E-state index in [1.165, 1.54) is 0 Å². The van der Waals surface area contributed by atoms with Gasteiger partial charge in [-0.2, -0.15) is 0 Å². The van der Waals surface area contributed by atoms with Gasteiger partial charge in [0.2, 0.25) is 5.91 Å². The van der Waals surface area contributed by atoms with Crippen LogP contribution in [-0.2, 0) is 9.59 Å². The van der Waals surface area contributed by atoms with Crippen LogP contribution < -0.4 is 15.4 Å². The molecule has 1 aromatic rings. The van der Waals surface area contributed by atoms with Crippen LogP contribution in [0.2, 0.25) is 0 Å². The molecule has 1 aromatic carbocycles. The number of hydrogen-bond acceptors (Lipinski definition) is 3. The summed E-state index contributed by atoms with van der Waals surface area (Å²) in [5.74, 6) is -0.00161. The highest BCUT2D eigenvalue weighted by Gasteiger charge is 2.15. The molecule has 0 aliphatic rings. The third-order valence-corrected chi connectivity index (χ3v) is 3.49. The summed E-state index contributed by atoms with van der Waals surface area (Å²) < 4.78 is 7.04. The molecule has 2 amide bonds. The number of carbonyl (C=O) groups excluding carboxylic acids is 2. The second-order valence-corrected chi connectivity index (χ2v) is 5.82. The predicted molar refractivity (Wildman–Crippen MR) is 83.6 cm³/mol. The Labute approximate surface area is 134 Å². The number of benzene rings is 1. The molecule has 0 saturated carbocycles. The molecule has 2 N–H and O–H groups in total. The largest absolute Gasteiger partial charge is 0.483 e. The second-order valence-electron chi connectivity index (χ2n) is 4.05. The van der Waals surface area contributed by atoms with E-state index in [-0.39, 0.29) is 18.4 Å². The smallest absolute Gasteiger partial charge is 0.258 e. The summed E-state index contributed by atoms with van der Waals surface area (Å²) >= 11 is 6.67. The van der Waals surface area contributed by atoms with Gasteiger partial charge in [0.1, 0.15) is 11.8 Å². The van der Waals surface area contributed by atoms with Crippen molar-refractivity contribution in [2.45, 2.75) is 19.9 Å². The number of ether oxygens (including phenoxy) is 1. The lowest BCUT2D eigenvalue weighted by atomic mass is 10.3. The summed E-state index contributed by atoms with van der Waals surface area (Å²) in [6, 6.07) is 4.80. The number of carbonyl (C=O) groups is 2. The van der Waals surface area contributed by atoms with Gasteiger partial charge in [-0.3, -0.25) is 9.59 Å². The van der Waals surface area contributed by atoms with Gasteiger partial charge in [0.25, 0.3) is 5.91 Å². The van der Waals surface area contributed by atoms with Crippen molar-refractivity contribution < 1.29 is 14.3 Å². The number of nitrogens with one attached hydrogen (secondary N) is 2. The van der Waals surface area contributed by atoms with E-state index in [4.69, 9.17) is 4.74 Å². The Morgan fingerprint density at radius 3 is 2.65 bits per heavy atom. The van der Waals surface area contributed by atoms with Crippen LogP contribution in [0.1, 0.15) is 13.8 Å². The van der Waals surface area contributed by atoms with Crippen molar-refractivity contribution in [2.24, 2.45) is 0 Å². The monoisotopic (exact) mass is 406 g/mol. The summed E-state index contributed by atoms with van der Waals surface area (Å²) in [4.78, 5) is 23.1. The van der Waals surface area contributed by atoms with E-state index in [2.05, 4.69) is 42.5 Å². The molecule has 0 radical (unpaired) electrons. The Morgan fingerprint density at radius 2 is 2.05 bits per heavy atom. The first-order valence-electron chi connectivity index (χ1n) is 6.09. The van der Waals surface area contributed by atoms with Crippen molar-refractivity contribution in [1.82, 2.24) is 10.6 Å². The summed E-state index contributed by atoms with van der Waals surface area (Å²) in [6.45, 7) is 3.82. The summed E-state index contributed by atoms with van der Waals surface area (Å²) in [5.41, 5.74) is 0.